The molecule has 0 bridgehead atoms. The van der Waals surface area contributed by atoms with Gasteiger partial charge in [0.15, 0.2) is 5.78 Å². The number of hydrogen-bond acceptors (Lipinski definition) is 4. The molecule has 2 atom stereocenters. The van der Waals surface area contributed by atoms with Crippen molar-refractivity contribution in [1.29, 1.82) is 0 Å². The summed E-state index contributed by atoms with van der Waals surface area (Å²) in [5, 5.41) is 10.9. The highest BCUT2D eigenvalue weighted by atomic mass is 16.6. The van der Waals surface area contributed by atoms with Crippen LogP contribution in [0.3, 0.4) is 0 Å². The van der Waals surface area contributed by atoms with E-state index in [2.05, 4.69) is 6.92 Å². The molecule has 5 nitrogen and oxygen atoms in total. The summed E-state index contributed by atoms with van der Waals surface area (Å²) in [6.45, 7) is 3.48. The van der Waals surface area contributed by atoms with Gasteiger partial charge in [0.1, 0.15) is 11.9 Å². The normalized spacial score (nSPS) is 22.3. The Labute approximate surface area is 118 Å². The molecule has 0 spiro atoms. The number of carbonyl (C=O) groups is 1. The van der Waals surface area contributed by atoms with E-state index in [0.717, 1.165) is 19.3 Å². The van der Waals surface area contributed by atoms with Crippen LogP contribution in [0.25, 0.3) is 0 Å². The fourth-order valence-electron chi connectivity index (χ4n) is 2.66. The first kappa shape index (κ1) is 14.5. The molecule has 0 radical (unpaired) electrons. The Morgan fingerprint density at radius 1 is 1.35 bits per heavy atom. The van der Waals surface area contributed by atoms with Crippen molar-refractivity contribution in [3.05, 3.63) is 33.9 Å². The lowest BCUT2D eigenvalue weighted by molar-refractivity contribution is -0.385. The van der Waals surface area contributed by atoms with Crippen LogP contribution in [0.2, 0.25) is 0 Å². The van der Waals surface area contributed by atoms with Crippen molar-refractivity contribution in [2.75, 3.05) is 0 Å². The molecule has 0 aromatic heterocycles. The molecule has 108 valence electrons. The largest absolute Gasteiger partial charge is 0.490 e. The van der Waals surface area contributed by atoms with Crippen molar-refractivity contribution in [1.82, 2.24) is 0 Å². The Morgan fingerprint density at radius 2 is 2.05 bits per heavy atom. The summed E-state index contributed by atoms with van der Waals surface area (Å²) in [6.07, 6.45) is 4.62. The number of nitro groups is 1. The minimum Gasteiger partial charge on any atom is -0.490 e. The van der Waals surface area contributed by atoms with E-state index in [0.29, 0.717) is 11.7 Å². The second-order valence-corrected chi connectivity index (χ2v) is 5.41. The fourth-order valence-corrected chi connectivity index (χ4v) is 2.66. The summed E-state index contributed by atoms with van der Waals surface area (Å²) < 4.78 is 5.92. The molecule has 0 aliphatic heterocycles. The van der Waals surface area contributed by atoms with Gasteiger partial charge < -0.3 is 4.74 Å². The average molecular weight is 277 g/mol. The molecular weight excluding hydrogens is 258 g/mol. The van der Waals surface area contributed by atoms with Gasteiger partial charge in [0.25, 0.3) is 5.69 Å². The predicted octanol–water partition coefficient (Wildman–Crippen LogP) is 3.75. The maximum atomic E-state index is 11.5. The number of rotatable bonds is 4. The summed E-state index contributed by atoms with van der Waals surface area (Å²) in [7, 11) is 0. The number of Topliss-reactive ketones (excluding diaryl/α,β-unsaturated/α-hetero) is 1. The summed E-state index contributed by atoms with van der Waals surface area (Å²) in [4.78, 5) is 21.9. The van der Waals surface area contributed by atoms with Crippen LogP contribution in [0.15, 0.2) is 18.2 Å². The maximum Gasteiger partial charge on any atom is 0.280 e. The van der Waals surface area contributed by atoms with Gasteiger partial charge in [-0.3, -0.25) is 14.9 Å². The van der Waals surface area contributed by atoms with Crippen LogP contribution in [-0.2, 0) is 0 Å². The second kappa shape index (κ2) is 6.03. The molecule has 2 rings (SSSR count). The predicted molar refractivity (Wildman–Crippen MR) is 75.1 cm³/mol. The Morgan fingerprint density at radius 3 is 2.65 bits per heavy atom. The van der Waals surface area contributed by atoms with Gasteiger partial charge in [-0.2, -0.15) is 0 Å². The van der Waals surface area contributed by atoms with E-state index in [1.165, 1.54) is 25.5 Å². The highest BCUT2D eigenvalue weighted by Crippen LogP contribution is 2.30. The number of carbonyl (C=O) groups excluding carboxylic acids is 1. The molecule has 1 aromatic carbocycles. The van der Waals surface area contributed by atoms with E-state index >= 15 is 0 Å². The molecule has 1 aliphatic carbocycles. The lowest BCUT2D eigenvalue weighted by Gasteiger charge is -2.29. The fraction of sp³-hybridized carbons (Fsp3) is 0.533. The number of nitrogens with zero attached hydrogens (tertiary/aromatic N) is 1. The van der Waals surface area contributed by atoms with Crippen molar-refractivity contribution < 1.29 is 14.5 Å². The summed E-state index contributed by atoms with van der Waals surface area (Å²) in [5.74, 6) is 0.693. The molecule has 0 saturated heterocycles. The molecular formula is C15H19NO4. The van der Waals surface area contributed by atoms with Crippen molar-refractivity contribution in [3.8, 4) is 5.75 Å². The zero-order valence-electron chi connectivity index (χ0n) is 11.8. The van der Waals surface area contributed by atoms with Crippen LogP contribution in [0.5, 0.6) is 5.75 Å². The summed E-state index contributed by atoms with van der Waals surface area (Å²) >= 11 is 0. The Balaban J connectivity index is 2.22. The minimum atomic E-state index is -0.538. The average Bonchev–Trinajstić information content (AvgIpc) is 2.41. The Bertz CT molecular complexity index is 527. The standard InChI is InChI=1S/C15H19NO4/c1-10-5-3-4-6-15(10)20-12-7-8-14(16(18)19)13(9-12)11(2)17/h7-10,15H,3-6H2,1-2H3. The van der Waals surface area contributed by atoms with E-state index in [9.17, 15) is 14.9 Å². The van der Waals surface area contributed by atoms with Gasteiger partial charge in [0.05, 0.1) is 10.5 Å². The highest BCUT2D eigenvalue weighted by Gasteiger charge is 2.24. The second-order valence-electron chi connectivity index (χ2n) is 5.41. The van der Waals surface area contributed by atoms with Crippen molar-refractivity contribution in [2.45, 2.75) is 45.6 Å². The molecule has 0 amide bonds. The molecule has 20 heavy (non-hydrogen) atoms. The van der Waals surface area contributed by atoms with E-state index in [1.54, 1.807) is 6.07 Å². The third kappa shape index (κ3) is 3.15. The van der Waals surface area contributed by atoms with E-state index in [-0.39, 0.29) is 23.1 Å². The number of ketones is 1. The third-order valence-electron chi connectivity index (χ3n) is 3.86. The quantitative estimate of drug-likeness (QED) is 0.477. The van der Waals surface area contributed by atoms with Gasteiger partial charge >= 0.3 is 0 Å². The Kier molecular flexibility index (Phi) is 4.37. The molecule has 0 heterocycles. The van der Waals surface area contributed by atoms with Crippen molar-refractivity contribution >= 4 is 11.5 Å². The van der Waals surface area contributed by atoms with Gasteiger partial charge in [-0.05, 0) is 44.2 Å². The van der Waals surface area contributed by atoms with Crippen molar-refractivity contribution in [3.63, 3.8) is 0 Å². The van der Waals surface area contributed by atoms with Gasteiger partial charge in [0.2, 0.25) is 0 Å². The van der Waals surface area contributed by atoms with Crippen LogP contribution in [0.4, 0.5) is 5.69 Å². The lowest BCUT2D eigenvalue weighted by Crippen LogP contribution is -2.28. The minimum absolute atomic E-state index is 0.107. The first-order chi connectivity index (χ1) is 9.49. The molecule has 1 aliphatic rings. The molecule has 2 unspecified atom stereocenters. The van der Waals surface area contributed by atoms with Gasteiger partial charge in [-0.1, -0.05) is 13.3 Å². The summed E-state index contributed by atoms with van der Waals surface area (Å²) in [6, 6.07) is 4.41. The molecule has 1 saturated carbocycles. The van der Waals surface area contributed by atoms with Crippen LogP contribution in [0.1, 0.15) is 49.9 Å². The monoisotopic (exact) mass is 277 g/mol. The molecule has 1 aromatic rings. The smallest absolute Gasteiger partial charge is 0.280 e. The molecule has 5 heteroatoms. The number of benzene rings is 1. The first-order valence-corrected chi connectivity index (χ1v) is 6.95. The lowest BCUT2D eigenvalue weighted by atomic mass is 9.88. The SMILES string of the molecule is CC(=O)c1cc(OC2CCCCC2C)ccc1[N+](=O)[O-]. The van der Waals surface area contributed by atoms with Gasteiger partial charge in [-0.15, -0.1) is 0 Å². The number of ether oxygens (including phenoxy) is 1. The van der Waals surface area contributed by atoms with E-state index in [1.807, 2.05) is 0 Å². The van der Waals surface area contributed by atoms with E-state index < -0.39 is 4.92 Å². The van der Waals surface area contributed by atoms with Crippen LogP contribution >= 0.6 is 0 Å². The zero-order chi connectivity index (χ0) is 14.7. The first-order valence-electron chi connectivity index (χ1n) is 6.95. The maximum absolute atomic E-state index is 11.5. The highest BCUT2D eigenvalue weighted by molar-refractivity contribution is 5.98. The number of nitro benzene ring substituents is 1. The van der Waals surface area contributed by atoms with Gasteiger partial charge in [-0.25, -0.2) is 0 Å². The third-order valence-corrected chi connectivity index (χ3v) is 3.86. The van der Waals surface area contributed by atoms with Crippen LogP contribution < -0.4 is 4.74 Å². The topological polar surface area (TPSA) is 69.4 Å². The van der Waals surface area contributed by atoms with Gasteiger partial charge in [0, 0.05) is 6.07 Å². The van der Waals surface area contributed by atoms with E-state index in [4.69, 9.17) is 4.74 Å². The van der Waals surface area contributed by atoms with Crippen molar-refractivity contribution in [2.24, 2.45) is 5.92 Å². The molecule has 0 N–H and O–H groups in total. The number of hydrogen-bond donors (Lipinski definition) is 0. The van der Waals surface area contributed by atoms with Crippen LogP contribution in [0, 0.1) is 16.0 Å². The summed E-state index contributed by atoms with van der Waals surface area (Å²) in [5.41, 5.74) is -0.0579. The Hall–Kier alpha value is -1.91. The zero-order valence-corrected chi connectivity index (χ0v) is 11.8. The molecule has 1 fully saturated rings. The van der Waals surface area contributed by atoms with Crippen LogP contribution in [-0.4, -0.2) is 16.8 Å².